The van der Waals surface area contributed by atoms with E-state index >= 15 is 0 Å². The second-order valence-corrected chi connectivity index (χ2v) is 5.97. The number of rotatable bonds is 6. The highest BCUT2D eigenvalue weighted by atomic mass is 16.7. The van der Waals surface area contributed by atoms with Crippen LogP contribution in [0.3, 0.4) is 0 Å². The van der Waals surface area contributed by atoms with E-state index in [1.807, 2.05) is 24.3 Å². The molecule has 0 radical (unpaired) electrons. The first-order valence-corrected chi connectivity index (χ1v) is 8.40. The third-order valence-corrected chi connectivity index (χ3v) is 4.21. The van der Waals surface area contributed by atoms with E-state index in [1.54, 1.807) is 18.3 Å². The molecule has 0 spiro atoms. The van der Waals surface area contributed by atoms with Gasteiger partial charge in [0.1, 0.15) is 0 Å². The maximum atomic E-state index is 12.1. The summed E-state index contributed by atoms with van der Waals surface area (Å²) in [4.78, 5) is 24.2. The van der Waals surface area contributed by atoms with Crippen LogP contribution in [0.4, 0.5) is 0 Å². The minimum Gasteiger partial charge on any atom is -0.454 e. The molecule has 0 atom stereocenters. The number of hydrogen-bond donors (Lipinski definition) is 1. The molecule has 3 aromatic rings. The monoisotopic (exact) mass is 354 g/mol. The van der Waals surface area contributed by atoms with Gasteiger partial charge in [-0.1, -0.05) is 12.1 Å². The van der Waals surface area contributed by atoms with Crippen molar-refractivity contribution in [2.24, 2.45) is 0 Å². The zero-order valence-electron chi connectivity index (χ0n) is 14.1. The Balaban J connectivity index is 1.27. The van der Waals surface area contributed by atoms with Crippen LogP contribution in [0.25, 0.3) is 5.65 Å². The van der Waals surface area contributed by atoms with Gasteiger partial charge in [-0.3, -0.25) is 9.20 Å². The number of fused-ring (bicyclic) bond motifs is 2. The van der Waals surface area contributed by atoms with Gasteiger partial charge in [0, 0.05) is 19.2 Å². The molecule has 0 aliphatic carbocycles. The highest BCUT2D eigenvalue weighted by Crippen LogP contribution is 2.32. The number of benzene rings is 1. The molecule has 0 saturated carbocycles. The SMILES string of the molecule is O=C(CCc1ccc2c(c1)OCO2)NCCn1nc2ccccn2c1=O. The highest BCUT2D eigenvalue weighted by molar-refractivity contribution is 5.76. The second kappa shape index (κ2) is 6.91. The standard InChI is InChI=1S/C18H18N4O4/c23-17(7-5-13-4-6-14-15(11-13)26-12-25-14)19-8-10-22-18(24)21-9-2-1-3-16(21)20-22/h1-4,6,9,11H,5,7-8,10,12H2,(H,19,23). The van der Waals surface area contributed by atoms with Gasteiger partial charge in [0.15, 0.2) is 17.1 Å². The van der Waals surface area contributed by atoms with E-state index in [-0.39, 0.29) is 18.4 Å². The number of ether oxygens (including phenoxy) is 2. The zero-order valence-corrected chi connectivity index (χ0v) is 14.1. The molecular weight excluding hydrogens is 336 g/mol. The summed E-state index contributed by atoms with van der Waals surface area (Å²) in [6.45, 7) is 0.918. The minimum absolute atomic E-state index is 0.0699. The summed E-state index contributed by atoms with van der Waals surface area (Å²) < 4.78 is 13.4. The average molecular weight is 354 g/mol. The number of pyridine rings is 1. The lowest BCUT2D eigenvalue weighted by Crippen LogP contribution is -2.31. The number of nitrogens with one attached hydrogen (secondary N) is 1. The first-order valence-electron chi connectivity index (χ1n) is 8.40. The van der Waals surface area contributed by atoms with E-state index in [4.69, 9.17) is 9.47 Å². The fourth-order valence-electron chi connectivity index (χ4n) is 2.86. The van der Waals surface area contributed by atoms with Gasteiger partial charge in [0.05, 0.1) is 6.54 Å². The number of amides is 1. The summed E-state index contributed by atoms with van der Waals surface area (Å²) in [6.07, 6.45) is 2.64. The predicted octanol–water partition coefficient (Wildman–Crippen LogP) is 0.974. The molecule has 0 unspecified atom stereocenters. The van der Waals surface area contributed by atoms with Crippen molar-refractivity contribution in [2.75, 3.05) is 13.3 Å². The van der Waals surface area contributed by atoms with Crippen molar-refractivity contribution in [1.82, 2.24) is 19.5 Å². The van der Waals surface area contributed by atoms with Crippen molar-refractivity contribution in [3.63, 3.8) is 0 Å². The van der Waals surface area contributed by atoms with Crippen LogP contribution in [0.1, 0.15) is 12.0 Å². The molecule has 0 bridgehead atoms. The summed E-state index contributed by atoms with van der Waals surface area (Å²) in [5.41, 5.74) is 1.39. The summed E-state index contributed by atoms with van der Waals surface area (Å²) in [7, 11) is 0. The van der Waals surface area contributed by atoms with Crippen LogP contribution in [0.2, 0.25) is 0 Å². The van der Waals surface area contributed by atoms with E-state index in [2.05, 4.69) is 10.4 Å². The van der Waals surface area contributed by atoms with Crippen LogP contribution in [-0.4, -0.2) is 33.4 Å². The van der Waals surface area contributed by atoms with Crippen LogP contribution in [0.5, 0.6) is 11.5 Å². The Labute approximate surface area is 149 Å². The summed E-state index contributed by atoms with van der Waals surface area (Å²) >= 11 is 0. The maximum absolute atomic E-state index is 12.1. The number of hydrogen-bond acceptors (Lipinski definition) is 5. The molecular formula is C18H18N4O4. The van der Waals surface area contributed by atoms with Crippen LogP contribution in [-0.2, 0) is 17.8 Å². The smallest absolute Gasteiger partial charge is 0.350 e. The van der Waals surface area contributed by atoms with Gasteiger partial charge >= 0.3 is 5.69 Å². The first-order chi connectivity index (χ1) is 12.7. The molecule has 8 nitrogen and oxygen atoms in total. The van der Waals surface area contributed by atoms with Crippen LogP contribution < -0.4 is 20.5 Å². The van der Waals surface area contributed by atoms with Crippen LogP contribution in [0.15, 0.2) is 47.4 Å². The molecule has 134 valence electrons. The van der Waals surface area contributed by atoms with Crippen molar-refractivity contribution < 1.29 is 14.3 Å². The lowest BCUT2D eigenvalue weighted by Gasteiger charge is -2.05. The van der Waals surface area contributed by atoms with E-state index in [0.29, 0.717) is 37.3 Å². The molecule has 0 saturated heterocycles. The van der Waals surface area contributed by atoms with E-state index in [0.717, 1.165) is 11.3 Å². The van der Waals surface area contributed by atoms with Crippen molar-refractivity contribution in [3.05, 3.63) is 58.6 Å². The first kappa shape index (κ1) is 16.2. The van der Waals surface area contributed by atoms with Gasteiger partial charge in [0.2, 0.25) is 12.7 Å². The molecule has 1 aliphatic heterocycles. The van der Waals surface area contributed by atoms with Crippen molar-refractivity contribution in [2.45, 2.75) is 19.4 Å². The molecule has 1 aliphatic rings. The van der Waals surface area contributed by atoms with Gasteiger partial charge in [-0.15, -0.1) is 5.10 Å². The van der Waals surface area contributed by atoms with E-state index in [1.165, 1.54) is 9.08 Å². The largest absolute Gasteiger partial charge is 0.454 e. The second-order valence-electron chi connectivity index (χ2n) is 5.97. The number of nitrogens with zero attached hydrogens (tertiary/aromatic N) is 3. The van der Waals surface area contributed by atoms with E-state index in [9.17, 15) is 9.59 Å². The summed E-state index contributed by atoms with van der Waals surface area (Å²) in [5.74, 6) is 1.38. The third kappa shape index (κ3) is 3.26. The van der Waals surface area contributed by atoms with Gasteiger partial charge in [0.25, 0.3) is 0 Å². The number of carbonyl (C=O) groups excluding carboxylic acids is 1. The Morgan fingerprint density at radius 2 is 2.08 bits per heavy atom. The molecule has 3 heterocycles. The Kier molecular flexibility index (Phi) is 4.30. The normalized spacial score (nSPS) is 12.5. The predicted molar refractivity (Wildman–Crippen MR) is 93.3 cm³/mol. The number of aryl methyl sites for hydroxylation is 1. The van der Waals surface area contributed by atoms with Gasteiger partial charge < -0.3 is 14.8 Å². The lowest BCUT2D eigenvalue weighted by molar-refractivity contribution is -0.121. The third-order valence-electron chi connectivity index (χ3n) is 4.21. The van der Waals surface area contributed by atoms with E-state index < -0.39 is 0 Å². The zero-order chi connectivity index (χ0) is 17.9. The average Bonchev–Trinajstić information content (AvgIpc) is 3.25. The Morgan fingerprint density at radius 1 is 1.19 bits per heavy atom. The molecule has 0 fully saturated rings. The molecule has 2 aromatic heterocycles. The Bertz CT molecular complexity index is 1010. The minimum atomic E-state index is -0.213. The van der Waals surface area contributed by atoms with Crippen LogP contribution in [0, 0.1) is 0 Å². The van der Waals surface area contributed by atoms with Gasteiger partial charge in [-0.2, -0.15) is 0 Å². The Hall–Kier alpha value is -3.29. The van der Waals surface area contributed by atoms with Crippen LogP contribution >= 0.6 is 0 Å². The van der Waals surface area contributed by atoms with Gasteiger partial charge in [-0.05, 0) is 36.2 Å². The topological polar surface area (TPSA) is 86.9 Å². The lowest BCUT2D eigenvalue weighted by atomic mass is 10.1. The molecule has 4 rings (SSSR count). The molecule has 1 amide bonds. The van der Waals surface area contributed by atoms with Gasteiger partial charge in [-0.25, -0.2) is 9.48 Å². The van der Waals surface area contributed by atoms with Crippen molar-refractivity contribution >= 4 is 11.6 Å². The summed E-state index contributed by atoms with van der Waals surface area (Å²) in [5, 5.41) is 7.05. The molecule has 26 heavy (non-hydrogen) atoms. The van der Waals surface area contributed by atoms with Crippen molar-refractivity contribution in [3.8, 4) is 11.5 Å². The highest BCUT2D eigenvalue weighted by Gasteiger charge is 2.13. The number of aromatic nitrogens is 3. The van der Waals surface area contributed by atoms with Crippen molar-refractivity contribution in [1.29, 1.82) is 0 Å². The fourth-order valence-corrected chi connectivity index (χ4v) is 2.86. The molecule has 8 heteroatoms. The number of carbonyl (C=O) groups is 1. The molecule has 1 aromatic carbocycles. The maximum Gasteiger partial charge on any atom is 0.350 e. The quantitative estimate of drug-likeness (QED) is 0.713. The Morgan fingerprint density at radius 3 is 2.96 bits per heavy atom. The summed E-state index contributed by atoms with van der Waals surface area (Å²) in [6, 6.07) is 11.0. The fraction of sp³-hybridized carbons (Fsp3) is 0.278. The molecule has 1 N–H and O–H groups in total.